The lowest BCUT2D eigenvalue weighted by molar-refractivity contribution is -0.221. The van der Waals surface area contributed by atoms with Crippen LogP contribution in [0.15, 0.2) is 42.5 Å². The second-order valence-corrected chi connectivity index (χ2v) is 5.59. The molecule has 1 fully saturated rings. The maximum absolute atomic E-state index is 12.9. The summed E-state index contributed by atoms with van der Waals surface area (Å²) < 4.78 is 43.6. The summed E-state index contributed by atoms with van der Waals surface area (Å²) in [4.78, 5) is 17.1. The van der Waals surface area contributed by atoms with E-state index >= 15 is 0 Å². The van der Waals surface area contributed by atoms with E-state index in [1.807, 2.05) is 6.07 Å². The Hall–Kier alpha value is -2.61. The number of anilines is 1. The topological polar surface area (TPSA) is 62.7 Å². The first-order chi connectivity index (χ1) is 11.9. The monoisotopic (exact) mass is 352 g/mol. The molecule has 1 aliphatic rings. The van der Waals surface area contributed by atoms with Crippen molar-refractivity contribution in [3.8, 4) is 11.3 Å². The van der Waals surface area contributed by atoms with Gasteiger partial charge in [0, 0.05) is 12.1 Å². The van der Waals surface area contributed by atoms with Crippen LogP contribution in [-0.2, 0) is 4.74 Å². The molecule has 2 aromatic rings. The van der Waals surface area contributed by atoms with E-state index in [-0.39, 0.29) is 24.5 Å². The van der Waals surface area contributed by atoms with Crippen molar-refractivity contribution in [1.82, 2.24) is 4.98 Å². The highest BCUT2D eigenvalue weighted by molar-refractivity contribution is 5.94. The Bertz CT molecular complexity index is 765. The summed E-state index contributed by atoms with van der Waals surface area (Å²) in [6.07, 6.45) is -6.48. The number of aromatic carboxylic acids is 1. The quantitative estimate of drug-likeness (QED) is 0.919. The van der Waals surface area contributed by atoms with Crippen molar-refractivity contribution < 1.29 is 27.8 Å². The fraction of sp³-hybridized carbons (Fsp3) is 0.294. The summed E-state index contributed by atoms with van der Waals surface area (Å²) in [6.45, 7) is -0.506. The number of halogens is 3. The standard InChI is InChI=1S/C17H15F3N2O3/c18-17(19,20)14-10-22(8-9-25-14)15-12(16(23)24)6-7-13(21-15)11-4-2-1-3-5-11/h1-7,14H,8-10H2,(H,23,24)/t14-/m1/s1. The normalized spacial score (nSPS) is 18.2. The molecule has 1 N–H and O–H groups in total. The third-order valence-electron chi connectivity index (χ3n) is 3.91. The Morgan fingerprint density at radius 1 is 1.20 bits per heavy atom. The number of carboxylic acids is 1. The first-order valence-corrected chi connectivity index (χ1v) is 7.59. The Balaban J connectivity index is 1.99. The van der Waals surface area contributed by atoms with Crippen molar-refractivity contribution in [2.45, 2.75) is 12.3 Å². The number of carbonyl (C=O) groups is 1. The first-order valence-electron chi connectivity index (χ1n) is 7.59. The number of pyridine rings is 1. The molecule has 0 spiro atoms. The Labute approximate surface area is 141 Å². The molecule has 1 aromatic heterocycles. The van der Waals surface area contributed by atoms with Crippen molar-refractivity contribution in [1.29, 1.82) is 0 Å². The highest BCUT2D eigenvalue weighted by Crippen LogP contribution is 2.30. The van der Waals surface area contributed by atoms with Crippen molar-refractivity contribution in [2.75, 3.05) is 24.6 Å². The maximum Gasteiger partial charge on any atom is 0.416 e. The zero-order valence-electron chi connectivity index (χ0n) is 13.0. The van der Waals surface area contributed by atoms with Crippen LogP contribution in [0.2, 0.25) is 0 Å². The number of hydrogen-bond donors (Lipinski definition) is 1. The second kappa shape index (κ2) is 6.72. The van der Waals surface area contributed by atoms with Gasteiger partial charge in [-0.1, -0.05) is 30.3 Å². The summed E-state index contributed by atoms with van der Waals surface area (Å²) in [5.74, 6) is -1.22. The van der Waals surface area contributed by atoms with Gasteiger partial charge in [-0.15, -0.1) is 0 Å². The molecule has 25 heavy (non-hydrogen) atoms. The summed E-state index contributed by atoms with van der Waals surface area (Å²) >= 11 is 0. The molecule has 0 radical (unpaired) electrons. The van der Waals surface area contributed by atoms with Gasteiger partial charge < -0.3 is 14.7 Å². The number of nitrogens with zero attached hydrogens (tertiary/aromatic N) is 2. The lowest BCUT2D eigenvalue weighted by Gasteiger charge is -2.35. The molecule has 0 aliphatic carbocycles. The molecule has 0 bridgehead atoms. The van der Waals surface area contributed by atoms with Gasteiger partial charge in [0.1, 0.15) is 11.4 Å². The number of benzene rings is 1. The fourth-order valence-corrected chi connectivity index (χ4v) is 2.67. The van der Waals surface area contributed by atoms with Crippen LogP contribution in [0.4, 0.5) is 19.0 Å². The van der Waals surface area contributed by atoms with E-state index < -0.39 is 24.8 Å². The Morgan fingerprint density at radius 3 is 2.56 bits per heavy atom. The lowest BCUT2D eigenvalue weighted by atomic mass is 10.1. The van der Waals surface area contributed by atoms with Crippen LogP contribution in [-0.4, -0.2) is 48.0 Å². The third kappa shape index (κ3) is 3.74. The van der Waals surface area contributed by atoms with Gasteiger partial charge in [0.2, 0.25) is 0 Å². The van der Waals surface area contributed by atoms with Crippen LogP contribution in [0, 0.1) is 0 Å². The van der Waals surface area contributed by atoms with E-state index in [1.54, 1.807) is 30.3 Å². The molecule has 1 aliphatic heterocycles. The number of carboxylic acid groups (broad SMARTS) is 1. The fourth-order valence-electron chi connectivity index (χ4n) is 2.67. The second-order valence-electron chi connectivity index (χ2n) is 5.59. The largest absolute Gasteiger partial charge is 0.478 e. The van der Waals surface area contributed by atoms with Crippen LogP contribution in [0.1, 0.15) is 10.4 Å². The Morgan fingerprint density at radius 2 is 1.92 bits per heavy atom. The number of aromatic nitrogens is 1. The van der Waals surface area contributed by atoms with Crippen molar-refractivity contribution in [3.63, 3.8) is 0 Å². The SMILES string of the molecule is O=C(O)c1ccc(-c2ccccc2)nc1N1CCO[C@@H](C(F)(F)F)C1. The van der Waals surface area contributed by atoms with Gasteiger partial charge in [0.05, 0.1) is 18.8 Å². The summed E-state index contributed by atoms with van der Waals surface area (Å²) in [7, 11) is 0. The molecule has 1 aromatic carbocycles. The van der Waals surface area contributed by atoms with Gasteiger partial charge in [-0.3, -0.25) is 0 Å². The van der Waals surface area contributed by atoms with Gasteiger partial charge in [0.15, 0.2) is 6.10 Å². The van der Waals surface area contributed by atoms with E-state index in [0.717, 1.165) is 5.56 Å². The summed E-state index contributed by atoms with van der Waals surface area (Å²) in [6, 6.07) is 11.9. The molecule has 2 heterocycles. The van der Waals surface area contributed by atoms with Crippen LogP contribution in [0.5, 0.6) is 0 Å². The van der Waals surface area contributed by atoms with Crippen LogP contribution >= 0.6 is 0 Å². The minimum atomic E-state index is -4.51. The molecule has 132 valence electrons. The minimum absolute atomic E-state index is 0.0198. The molecule has 0 unspecified atom stereocenters. The molecule has 0 amide bonds. The maximum atomic E-state index is 12.9. The van der Waals surface area contributed by atoms with Gasteiger partial charge >= 0.3 is 12.1 Å². The number of alkyl halides is 3. The highest BCUT2D eigenvalue weighted by atomic mass is 19.4. The van der Waals surface area contributed by atoms with Gasteiger partial charge in [0.25, 0.3) is 0 Å². The summed E-state index contributed by atoms with van der Waals surface area (Å²) in [5, 5.41) is 9.36. The van der Waals surface area contributed by atoms with Gasteiger partial charge in [-0.2, -0.15) is 13.2 Å². The van der Waals surface area contributed by atoms with E-state index in [0.29, 0.717) is 5.69 Å². The average molecular weight is 352 g/mol. The first kappa shape index (κ1) is 17.2. The number of hydrogen-bond acceptors (Lipinski definition) is 4. The molecular formula is C17H15F3N2O3. The average Bonchev–Trinajstić information content (AvgIpc) is 2.61. The molecule has 1 saturated heterocycles. The highest BCUT2D eigenvalue weighted by Gasteiger charge is 2.44. The minimum Gasteiger partial charge on any atom is -0.478 e. The molecule has 5 nitrogen and oxygen atoms in total. The summed E-state index contributed by atoms with van der Waals surface area (Å²) in [5.41, 5.74) is 1.11. The van der Waals surface area contributed by atoms with Crippen LogP contribution in [0.25, 0.3) is 11.3 Å². The van der Waals surface area contributed by atoms with Crippen LogP contribution in [0.3, 0.4) is 0 Å². The van der Waals surface area contributed by atoms with E-state index in [9.17, 15) is 23.1 Å². The van der Waals surface area contributed by atoms with E-state index in [4.69, 9.17) is 4.74 Å². The predicted molar refractivity (Wildman–Crippen MR) is 84.6 cm³/mol. The molecule has 3 rings (SSSR count). The smallest absolute Gasteiger partial charge is 0.416 e. The third-order valence-corrected chi connectivity index (χ3v) is 3.91. The molecular weight excluding hydrogens is 337 g/mol. The van der Waals surface area contributed by atoms with Gasteiger partial charge in [-0.05, 0) is 12.1 Å². The lowest BCUT2D eigenvalue weighted by Crippen LogP contribution is -2.49. The zero-order valence-corrected chi connectivity index (χ0v) is 13.0. The number of rotatable bonds is 3. The molecule has 8 heteroatoms. The number of ether oxygens (including phenoxy) is 1. The van der Waals surface area contributed by atoms with E-state index in [2.05, 4.69) is 4.98 Å². The Kier molecular flexibility index (Phi) is 4.63. The number of morpholine rings is 1. The van der Waals surface area contributed by atoms with E-state index in [1.165, 1.54) is 11.0 Å². The van der Waals surface area contributed by atoms with Crippen molar-refractivity contribution >= 4 is 11.8 Å². The molecule has 1 atom stereocenters. The van der Waals surface area contributed by atoms with Gasteiger partial charge in [-0.25, -0.2) is 9.78 Å². The predicted octanol–water partition coefficient (Wildman–Crippen LogP) is 3.21. The molecule has 0 saturated carbocycles. The van der Waals surface area contributed by atoms with Crippen molar-refractivity contribution in [2.24, 2.45) is 0 Å². The zero-order chi connectivity index (χ0) is 18.0. The van der Waals surface area contributed by atoms with Crippen molar-refractivity contribution in [3.05, 3.63) is 48.0 Å². The van der Waals surface area contributed by atoms with Crippen LogP contribution < -0.4 is 4.90 Å².